The lowest BCUT2D eigenvalue weighted by molar-refractivity contribution is 0.0713. The average Bonchev–Trinajstić information content (AvgIpc) is 3.48. The number of ether oxygens (including phenoxy) is 1. The molecule has 0 saturated heterocycles. The number of pyridine rings is 1. The molecule has 0 spiro atoms. The third-order valence-electron chi connectivity index (χ3n) is 6.08. The Hall–Kier alpha value is -3.19. The van der Waals surface area contributed by atoms with Crippen molar-refractivity contribution >= 4 is 5.91 Å². The van der Waals surface area contributed by atoms with Gasteiger partial charge in [-0.3, -0.25) is 4.79 Å². The average molecular weight is 418 g/mol. The van der Waals surface area contributed by atoms with Gasteiger partial charge in [-0.05, 0) is 42.7 Å². The zero-order valence-electron chi connectivity index (χ0n) is 17.3. The molecule has 3 aromatic rings. The summed E-state index contributed by atoms with van der Waals surface area (Å²) in [6.45, 7) is 0.583. The fourth-order valence-corrected chi connectivity index (χ4v) is 4.42. The summed E-state index contributed by atoms with van der Waals surface area (Å²) >= 11 is 0. The number of aliphatic hydroxyl groups is 1. The molecule has 5 rings (SSSR count). The molecule has 0 unspecified atom stereocenters. The van der Waals surface area contributed by atoms with Crippen LogP contribution in [0.3, 0.4) is 0 Å². The third kappa shape index (κ3) is 4.18. The Morgan fingerprint density at radius 3 is 2.84 bits per heavy atom. The Bertz CT molecular complexity index is 1060. The Morgan fingerprint density at radius 1 is 1.23 bits per heavy atom. The second-order valence-electron chi connectivity index (χ2n) is 8.27. The summed E-state index contributed by atoms with van der Waals surface area (Å²) in [6, 6.07) is 11.7. The van der Waals surface area contributed by atoms with Crippen molar-refractivity contribution in [1.29, 1.82) is 0 Å². The molecule has 2 aromatic heterocycles. The summed E-state index contributed by atoms with van der Waals surface area (Å²) in [7, 11) is 0. The predicted molar refractivity (Wildman–Crippen MR) is 116 cm³/mol. The summed E-state index contributed by atoms with van der Waals surface area (Å²) in [5.74, 6) is 0.571. The molecule has 2 N–H and O–H groups in total. The quantitative estimate of drug-likeness (QED) is 0.665. The Kier molecular flexibility index (Phi) is 5.42. The van der Waals surface area contributed by atoms with E-state index in [-0.39, 0.29) is 11.9 Å². The van der Waals surface area contributed by atoms with Gasteiger partial charge in [0.15, 0.2) is 0 Å². The molecular formula is C24H26N4O3. The molecule has 1 aliphatic heterocycles. The maximum Gasteiger partial charge on any atom is 0.270 e. The SMILES string of the molecule is O=C(N[C@H]1CCCC[C@@H]1O)c1cc(Cc2ccc(-n3cccn3)cc2)c2c(n1)CCO2. The van der Waals surface area contributed by atoms with Crippen LogP contribution in [0, 0.1) is 0 Å². The van der Waals surface area contributed by atoms with Crippen LogP contribution in [0.15, 0.2) is 48.8 Å². The number of carbonyl (C=O) groups excluding carboxylic acids is 1. The van der Waals surface area contributed by atoms with Gasteiger partial charge in [0.05, 0.1) is 30.1 Å². The number of hydrogen-bond donors (Lipinski definition) is 2. The van der Waals surface area contributed by atoms with Crippen LogP contribution < -0.4 is 10.1 Å². The standard InChI is InChI=1S/C24H26N4O3/c29-22-5-2-1-4-19(22)27-24(30)21-15-17(23-20(26-21)10-13-31-23)14-16-6-8-18(9-7-16)28-12-3-11-25-28/h3,6-9,11-12,15,19,22,29H,1-2,4-5,10,13-14H2,(H,27,30)/t19-,22-/m0/s1. The third-order valence-corrected chi connectivity index (χ3v) is 6.08. The molecular weight excluding hydrogens is 392 g/mol. The first-order valence-electron chi connectivity index (χ1n) is 10.9. The van der Waals surface area contributed by atoms with Gasteiger partial charge < -0.3 is 15.2 Å². The summed E-state index contributed by atoms with van der Waals surface area (Å²) in [5.41, 5.74) is 4.30. The number of benzene rings is 1. The highest BCUT2D eigenvalue weighted by atomic mass is 16.5. The van der Waals surface area contributed by atoms with E-state index in [9.17, 15) is 9.90 Å². The lowest BCUT2D eigenvalue weighted by Gasteiger charge is -2.28. The predicted octanol–water partition coefficient (Wildman–Crippen LogP) is 2.83. The number of fused-ring (bicyclic) bond motifs is 1. The second kappa shape index (κ2) is 8.51. The summed E-state index contributed by atoms with van der Waals surface area (Å²) in [4.78, 5) is 17.5. The number of nitrogens with one attached hydrogen (secondary N) is 1. The van der Waals surface area contributed by atoms with Gasteiger partial charge in [0, 0.05) is 30.8 Å². The first-order chi connectivity index (χ1) is 15.2. The summed E-state index contributed by atoms with van der Waals surface area (Å²) in [5, 5.41) is 17.4. The highest BCUT2D eigenvalue weighted by molar-refractivity contribution is 5.93. The van der Waals surface area contributed by atoms with E-state index in [0.717, 1.165) is 53.9 Å². The van der Waals surface area contributed by atoms with Crippen molar-refractivity contribution in [3.8, 4) is 11.4 Å². The van der Waals surface area contributed by atoms with Crippen LogP contribution in [0.4, 0.5) is 0 Å². The highest BCUT2D eigenvalue weighted by Crippen LogP contribution is 2.31. The van der Waals surface area contributed by atoms with Gasteiger partial charge in [-0.15, -0.1) is 0 Å². The topological polar surface area (TPSA) is 89.3 Å². The van der Waals surface area contributed by atoms with E-state index in [1.807, 2.05) is 35.1 Å². The van der Waals surface area contributed by atoms with E-state index in [0.29, 0.717) is 25.1 Å². The van der Waals surface area contributed by atoms with Crippen molar-refractivity contribution in [2.75, 3.05) is 6.61 Å². The number of hydrogen-bond acceptors (Lipinski definition) is 5. The molecule has 160 valence electrons. The molecule has 0 bridgehead atoms. The molecule has 1 saturated carbocycles. The molecule has 7 nitrogen and oxygen atoms in total. The lowest BCUT2D eigenvalue weighted by atomic mass is 9.92. The van der Waals surface area contributed by atoms with Crippen LogP contribution in [-0.4, -0.2) is 44.5 Å². The molecule has 1 aromatic carbocycles. The molecule has 1 amide bonds. The first-order valence-corrected chi connectivity index (χ1v) is 10.9. The van der Waals surface area contributed by atoms with Gasteiger partial charge in [0.25, 0.3) is 5.91 Å². The molecule has 1 fully saturated rings. The monoisotopic (exact) mass is 418 g/mol. The number of amides is 1. The van der Waals surface area contributed by atoms with E-state index < -0.39 is 6.10 Å². The number of rotatable bonds is 5. The van der Waals surface area contributed by atoms with E-state index in [1.165, 1.54) is 0 Å². The van der Waals surface area contributed by atoms with Gasteiger partial charge in [-0.2, -0.15) is 5.10 Å². The maximum atomic E-state index is 12.9. The van der Waals surface area contributed by atoms with Crippen molar-refractivity contribution in [2.45, 2.75) is 50.7 Å². The van der Waals surface area contributed by atoms with Crippen LogP contribution in [0.2, 0.25) is 0 Å². The minimum atomic E-state index is -0.483. The number of aromatic nitrogens is 3. The van der Waals surface area contributed by atoms with Gasteiger partial charge in [0.1, 0.15) is 11.4 Å². The number of nitrogens with zero attached hydrogens (tertiary/aromatic N) is 3. The number of aliphatic hydroxyl groups excluding tert-OH is 1. The normalized spacial score (nSPS) is 20.2. The molecule has 2 aliphatic rings. The summed E-state index contributed by atoms with van der Waals surface area (Å²) in [6.07, 6.45) is 8.09. The van der Waals surface area contributed by atoms with Crippen LogP contribution in [0.25, 0.3) is 5.69 Å². The Balaban J connectivity index is 1.37. The van der Waals surface area contributed by atoms with Crippen molar-refractivity contribution in [1.82, 2.24) is 20.1 Å². The minimum Gasteiger partial charge on any atom is -0.491 e. The van der Waals surface area contributed by atoms with E-state index >= 15 is 0 Å². The second-order valence-corrected chi connectivity index (χ2v) is 8.27. The van der Waals surface area contributed by atoms with Gasteiger partial charge in [-0.25, -0.2) is 9.67 Å². The fourth-order valence-electron chi connectivity index (χ4n) is 4.42. The van der Waals surface area contributed by atoms with Crippen molar-refractivity contribution in [2.24, 2.45) is 0 Å². The Morgan fingerprint density at radius 2 is 2.06 bits per heavy atom. The highest BCUT2D eigenvalue weighted by Gasteiger charge is 2.27. The van der Waals surface area contributed by atoms with Crippen molar-refractivity contribution < 1.29 is 14.6 Å². The van der Waals surface area contributed by atoms with Crippen LogP contribution >= 0.6 is 0 Å². The number of carbonyl (C=O) groups is 1. The lowest BCUT2D eigenvalue weighted by Crippen LogP contribution is -2.45. The maximum absolute atomic E-state index is 12.9. The molecule has 0 radical (unpaired) electrons. The zero-order chi connectivity index (χ0) is 21.2. The van der Waals surface area contributed by atoms with Crippen LogP contribution in [0.1, 0.15) is 53.0 Å². The molecule has 2 atom stereocenters. The Labute approximate surface area is 181 Å². The first kappa shape index (κ1) is 19.8. The van der Waals surface area contributed by atoms with Crippen molar-refractivity contribution in [3.63, 3.8) is 0 Å². The van der Waals surface area contributed by atoms with Gasteiger partial charge >= 0.3 is 0 Å². The zero-order valence-corrected chi connectivity index (χ0v) is 17.3. The summed E-state index contributed by atoms with van der Waals surface area (Å²) < 4.78 is 7.66. The molecule has 7 heteroatoms. The smallest absolute Gasteiger partial charge is 0.270 e. The minimum absolute atomic E-state index is 0.203. The van der Waals surface area contributed by atoms with Gasteiger partial charge in [0.2, 0.25) is 0 Å². The fraction of sp³-hybridized carbons (Fsp3) is 0.375. The van der Waals surface area contributed by atoms with E-state index in [1.54, 1.807) is 6.20 Å². The van der Waals surface area contributed by atoms with Gasteiger partial charge in [-0.1, -0.05) is 25.0 Å². The molecule has 3 heterocycles. The van der Waals surface area contributed by atoms with E-state index in [4.69, 9.17) is 4.74 Å². The van der Waals surface area contributed by atoms with Crippen molar-refractivity contribution in [3.05, 3.63) is 71.3 Å². The molecule has 1 aliphatic carbocycles. The van der Waals surface area contributed by atoms with E-state index in [2.05, 4.69) is 27.5 Å². The van der Waals surface area contributed by atoms with Crippen LogP contribution in [-0.2, 0) is 12.8 Å². The molecule has 31 heavy (non-hydrogen) atoms. The largest absolute Gasteiger partial charge is 0.491 e. The van der Waals surface area contributed by atoms with Crippen LogP contribution in [0.5, 0.6) is 5.75 Å².